The van der Waals surface area contributed by atoms with Crippen LogP contribution in [0.1, 0.15) is 126 Å². The summed E-state index contributed by atoms with van der Waals surface area (Å²) in [6.07, 6.45) is 17.8. The molecule has 4 fully saturated rings. The zero-order chi connectivity index (χ0) is 35.5. The van der Waals surface area contributed by atoms with E-state index in [9.17, 15) is 14.7 Å². The van der Waals surface area contributed by atoms with Crippen LogP contribution in [0.4, 0.5) is 4.39 Å². The van der Waals surface area contributed by atoms with Gasteiger partial charge in [0.2, 0.25) is 5.91 Å². The Labute approximate surface area is 296 Å². The Morgan fingerprint density at radius 3 is 2.39 bits per heavy atom. The number of allylic oxidation sites excluding steroid dienone is 6. The van der Waals surface area contributed by atoms with Gasteiger partial charge < -0.3 is 15.3 Å². The molecule has 272 valence electrons. The summed E-state index contributed by atoms with van der Waals surface area (Å²) < 4.78 is 15.4. The van der Waals surface area contributed by atoms with Gasteiger partial charge in [0, 0.05) is 37.5 Å². The van der Waals surface area contributed by atoms with Crippen LogP contribution in [-0.4, -0.2) is 53.2 Å². The summed E-state index contributed by atoms with van der Waals surface area (Å²) in [6.45, 7) is 23.8. The van der Waals surface area contributed by atoms with Gasteiger partial charge in [-0.2, -0.15) is 0 Å². The van der Waals surface area contributed by atoms with E-state index in [2.05, 4.69) is 64.4 Å². The molecule has 10 atom stereocenters. The normalized spacial score (nSPS) is 42.3. The second-order valence-corrected chi connectivity index (χ2v) is 18.5. The molecule has 6 rings (SSSR count). The predicted octanol–water partition coefficient (Wildman–Crippen LogP) is 9.46. The van der Waals surface area contributed by atoms with Crippen molar-refractivity contribution < 1.29 is 19.1 Å². The van der Waals surface area contributed by atoms with Crippen molar-refractivity contribution >= 4 is 11.9 Å². The van der Waals surface area contributed by atoms with Gasteiger partial charge in [-0.05, 0) is 134 Å². The Bertz CT molecular complexity index is 1430. The van der Waals surface area contributed by atoms with E-state index in [0.717, 1.165) is 50.9 Å². The number of halogens is 1. The molecular weight excluding hydrogens is 611 g/mol. The first-order valence-corrected chi connectivity index (χ1v) is 19.7. The number of rotatable bonds is 7. The van der Waals surface area contributed by atoms with Crippen molar-refractivity contribution in [3.63, 3.8) is 0 Å². The van der Waals surface area contributed by atoms with Gasteiger partial charge in [-0.15, -0.1) is 0 Å². The summed E-state index contributed by atoms with van der Waals surface area (Å²) in [7, 11) is 0. The number of amides is 1. The van der Waals surface area contributed by atoms with Crippen molar-refractivity contribution in [3.8, 4) is 0 Å². The first-order chi connectivity index (χ1) is 23.1. The highest BCUT2D eigenvalue weighted by Crippen LogP contribution is 2.71. The lowest BCUT2D eigenvalue weighted by Gasteiger charge is -2.67. The van der Waals surface area contributed by atoms with Crippen LogP contribution in [0.5, 0.6) is 0 Å². The number of alkyl halides is 1. The minimum atomic E-state index is -1.49. The van der Waals surface area contributed by atoms with Crippen molar-refractivity contribution in [2.75, 3.05) is 19.6 Å². The number of hydrogen-bond acceptors (Lipinski definition) is 3. The molecule has 5 aliphatic carbocycles. The average molecular weight is 677 g/mol. The summed E-state index contributed by atoms with van der Waals surface area (Å²) in [5.74, 6) is 1.58. The average Bonchev–Trinajstić information content (AvgIpc) is 3.62. The van der Waals surface area contributed by atoms with E-state index in [1.165, 1.54) is 62.2 Å². The van der Waals surface area contributed by atoms with Crippen LogP contribution in [0.3, 0.4) is 0 Å². The summed E-state index contributed by atoms with van der Waals surface area (Å²) >= 11 is 0. The fourth-order valence-corrected chi connectivity index (χ4v) is 12.7. The minimum absolute atomic E-state index is 0.131. The summed E-state index contributed by atoms with van der Waals surface area (Å²) in [5.41, 5.74) is 3.87. The number of nitrogens with one attached hydrogen (secondary N) is 1. The molecule has 49 heavy (non-hydrogen) atoms. The third-order valence-electron chi connectivity index (χ3n) is 15.7. The number of aliphatic carboxylic acids is 1. The smallest absolute Gasteiger partial charge is 0.334 e. The highest BCUT2D eigenvalue weighted by Gasteiger charge is 2.66. The monoisotopic (exact) mass is 676 g/mol. The molecule has 0 spiro atoms. The van der Waals surface area contributed by atoms with Crippen LogP contribution in [-0.2, 0) is 9.59 Å². The molecule has 2 N–H and O–H groups in total. The van der Waals surface area contributed by atoms with E-state index in [4.69, 9.17) is 0 Å². The Balaban J connectivity index is 1.29. The predicted molar refractivity (Wildman–Crippen MR) is 197 cm³/mol. The van der Waals surface area contributed by atoms with Crippen LogP contribution < -0.4 is 5.32 Å². The Hall–Kier alpha value is -2.21. The SMILES string of the molecule is C=C(C)C1CCC2(NCCN3CCCC3=O)CCC3(C)C(CCC4C(C)CC=C(C5=CC=C(C(=O)O)C(F)C5C)C(C)(C)CCCC43C)C12. The molecule has 1 saturated heterocycles. The number of nitrogens with zero attached hydrogens (tertiary/aromatic N) is 1. The van der Waals surface area contributed by atoms with E-state index < -0.39 is 18.1 Å². The van der Waals surface area contributed by atoms with Crippen LogP contribution in [0.25, 0.3) is 0 Å². The second-order valence-electron chi connectivity index (χ2n) is 18.5. The second kappa shape index (κ2) is 13.4. The lowest BCUT2D eigenvalue weighted by Crippen LogP contribution is -2.65. The molecule has 10 unspecified atom stereocenters. The summed E-state index contributed by atoms with van der Waals surface area (Å²) in [5, 5.41) is 13.7. The fourth-order valence-electron chi connectivity index (χ4n) is 12.7. The molecule has 0 aromatic rings. The van der Waals surface area contributed by atoms with Gasteiger partial charge >= 0.3 is 5.97 Å². The molecular formula is C43H65FN2O3. The summed E-state index contributed by atoms with van der Waals surface area (Å²) in [6, 6.07) is 0. The molecule has 0 aromatic heterocycles. The Kier molecular flexibility index (Phi) is 10.0. The van der Waals surface area contributed by atoms with Crippen molar-refractivity contribution in [3.05, 3.63) is 47.1 Å². The van der Waals surface area contributed by atoms with Gasteiger partial charge in [-0.3, -0.25) is 4.79 Å². The number of fused-ring (bicyclic) bond motifs is 5. The van der Waals surface area contributed by atoms with Gasteiger partial charge in [-0.1, -0.05) is 72.3 Å². The van der Waals surface area contributed by atoms with Gasteiger partial charge in [0.1, 0.15) is 6.17 Å². The van der Waals surface area contributed by atoms with Gasteiger partial charge in [0.05, 0.1) is 5.57 Å². The van der Waals surface area contributed by atoms with E-state index in [0.29, 0.717) is 41.9 Å². The molecule has 1 heterocycles. The molecule has 6 aliphatic rings. The number of likely N-dealkylation sites (tertiary alicyclic amines) is 1. The molecule has 0 aromatic carbocycles. The topological polar surface area (TPSA) is 69.6 Å². The maximum atomic E-state index is 15.4. The number of carboxylic acid groups (broad SMARTS) is 1. The highest BCUT2D eigenvalue weighted by molar-refractivity contribution is 5.89. The number of hydrogen-bond donors (Lipinski definition) is 2. The number of carbonyl (C=O) groups is 2. The van der Waals surface area contributed by atoms with E-state index in [1.807, 2.05) is 13.0 Å². The maximum Gasteiger partial charge on any atom is 0.334 e. The first-order valence-electron chi connectivity index (χ1n) is 19.7. The molecule has 1 amide bonds. The molecule has 3 saturated carbocycles. The number of carboxylic acids is 1. The molecule has 0 bridgehead atoms. The largest absolute Gasteiger partial charge is 0.478 e. The van der Waals surface area contributed by atoms with E-state index in [1.54, 1.807) is 0 Å². The van der Waals surface area contributed by atoms with Gasteiger partial charge in [0.25, 0.3) is 0 Å². The molecule has 5 nitrogen and oxygen atoms in total. The van der Waals surface area contributed by atoms with E-state index >= 15 is 4.39 Å². The third-order valence-corrected chi connectivity index (χ3v) is 15.7. The van der Waals surface area contributed by atoms with Crippen molar-refractivity contribution in [2.45, 2.75) is 137 Å². The van der Waals surface area contributed by atoms with E-state index in [-0.39, 0.29) is 27.4 Å². The quantitative estimate of drug-likeness (QED) is 0.264. The van der Waals surface area contributed by atoms with Crippen molar-refractivity contribution in [1.82, 2.24) is 10.2 Å². The molecule has 6 heteroatoms. The Morgan fingerprint density at radius 1 is 1.00 bits per heavy atom. The minimum Gasteiger partial charge on any atom is -0.478 e. The third kappa shape index (κ3) is 6.12. The molecule has 0 radical (unpaired) electrons. The zero-order valence-corrected chi connectivity index (χ0v) is 31.7. The Morgan fingerprint density at radius 2 is 1.71 bits per heavy atom. The van der Waals surface area contributed by atoms with Crippen molar-refractivity contribution in [1.29, 1.82) is 0 Å². The van der Waals surface area contributed by atoms with Crippen LogP contribution in [0.2, 0.25) is 0 Å². The lowest BCUT2D eigenvalue weighted by atomic mass is 9.39. The highest BCUT2D eigenvalue weighted by atomic mass is 19.1. The molecule has 1 aliphatic heterocycles. The fraction of sp³-hybridized carbons (Fsp3) is 0.767. The summed E-state index contributed by atoms with van der Waals surface area (Å²) in [4.78, 5) is 26.2. The standard InChI is InChI=1S/C43H65FN2O3/c1-27(2)30-18-21-43(45-24-26-46-25-9-11-36(46)47)23-22-42(8)35(37(30)43)17-16-33-28(3)12-15-34(40(5,6)19-10-20-41(33,42)7)31-13-14-32(39(48)49)38(44)29(31)4/h13-15,28-30,33,35,37-38,45H,1,9-12,16-26H2,2-8H3,(H,48,49). The zero-order valence-electron chi connectivity index (χ0n) is 31.7. The first kappa shape index (κ1) is 36.6. The van der Waals surface area contributed by atoms with Crippen molar-refractivity contribution in [2.24, 2.45) is 51.8 Å². The van der Waals surface area contributed by atoms with Crippen LogP contribution >= 0.6 is 0 Å². The van der Waals surface area contributed by atoms with Crippen LogP contribution in [0.15, 0.2) is 47.1 Å². The lowest BCUT2D eigenvalue weighted by molar-refractivity contribution is -0.167. The van der Waals surface area contributed by atoms with Crippen LogP contribution in [0, 0.1) is 51.8 Å². The number of carbonyl (C=O) groups excluding carboxylic acids is 1. The van der Waals surface area contributed by atoms with Gasteiger partial charge in [0.15, 0.2) is 0 Å². The maximum absolute atomic E-state index is 15.4. The van der Waals surface area contributed by atoms with Gasteiger partial charge in [-0.25, -0.2) is 9.18 Å².